The van der Waals surface area contributed by atoms with E-state index in [-0.39, 0.29) is 11.9 Å². The fourth-order valence-corrected chi connectivity index (χ4v) is 0.967. The van der Waals surface area contributed by atoms with E-state index in [1.807, 2.05) is 13.8 Å². The largest absolute Gasteiger partial charge is 0.399 e. The molecule has 0 unspecified atom stereocenters. The molecule has 0 saturated heterocycles. The van der Waals surface area contributed by atoms with Crippen molar-refractivity contribution < 1.29 is 4.79 Å². The number of rotatable bonds is 2. The summed E-state index contributed by atoms with van der Waals surface area (Å²) in [5.41, 5.74) is 6.62. The lowest BCUT2D eigenvalue weighted by atomic mass is 10.2. The van der Waals surface area contributed by atoms with Crippen LogP contribution in [0, 0.1) is 6.07 Å². The van der Waals surface area contributed by atoms with Crippen molar-refractivity contribution in [3.8, 4) is 0 Å². The minimum atomic E-state index is -0.112. The summed E-state index contributed by atoms with van der Waals surface area (Å²) in [5, 5.41) is 2.77. The van der Waals surface area contributed by atoms with E-state index >= 15 is 0 Å². The van der Waals surface area contributed by atoms with Crippen molar-refractivity contribution in [1.29, 1.82) is 0 Å². The van der Waals surface area contributed by atoms with Gasteiger partial charge in [0.25, 0.3) is 5.91 Å². The van der Waals surface area contributed by atoms with Gasteiger partial charge in [0.15, 0.2) is 0 Å². The number of anilines is 1. The highest BCUT2D eigenvalue weighted by Gasteiger charge is 2.05. The molecule has 3 heteroatoms. The molecule has 0 atom stereocenters. The zero-order chi connectivity index (χ0) is 9.84. The number of nitrogens with one attached hydrogen (secondary N) is 1. The zero-order valence-corrected chi connectivity index (χ0v) is 7.79. The Morgan fingerprint density at radius 3 is 2.77 bits per heavy atom. The molecule has 1 rings (SSSR count). The highest BCUT2D eigenvalue weighted by Crippen LogP contribution is 2.05. The molecular weight excluding hydrogens is 164 g/mol. The van der Waals surface area contributed by atoms with Crippen LogP contribution in [-0.4, -0.2) is 11.9 Å². The predicted molar refractivity (Wildman–Crippen MR) is 52.3 cm³/mol. The van der Waals surface area contributed by atoms with Gasteiger partial charge in [-0.3, -0.25) is 4.79 Å². The van der Waals surface area contributed by atoms with Gasteiger partial charge in [-0.25, -0.2) is 0 Å². The predicted octanol–water partition coefficient (Wildman–Crippen LogP) is 1.21. The van der Waals surface area contributed by atoms with Gasteiger partial charge >= 0.3 is 0 Å². The lowest BCUT2D eigenvalue weighted by Crippen LogP contribution is -2.30. The molecule has 1 radical (unpaired) electrons. The van der Waals surface area contributed by atoms with Crippen LogP contribution in [0.25, 0.3) is 0 Å². The monoisotopic (exact) mass is 177 g/mol. The van der Waals surface area contributed by atoms with E-state index in [0.717, 1.165) is 0 Å². The molecule has 0 saturated carbocycles. The molecule has 1 amide bonds. The number of hydrogen-bond acceptors (Lipinski definition) is 2. The number of hydrogen-bond donors (Lipinski definition) is 2. The van der Waals surface area contributed by atoms with Crippen molar-refractivity contribution in [2.24, 2.45) is 0 Å². The number of nitrogens with two attached hydrogens (primary N) is 1. The fraction of sp³-hybridized carbons (Fsp3) is 0.300. The van der Waals surface area contributed by atoms with E-state index in [1.165, 1.54) is 0 Å². The first-order valence-electron chi connectivity index (χ1n) is 4.17. The lowest BCUT2D eigenvalue weighted by molar-refractivity contribution is 0.0943. The van der Waals surface area contributed by atoms with Crippen molar-refractivity contribution in [2.75, 3.05) is 5.73 Å². The van der Waals surface area contributed by atoms with Gasteiger partial charge in [-0.05, 0) is 38.1 Å². The Bertz CT molecular complexity index is 308. The van der Waals surface area contributed by atoms with Gasteiger partial charge in [0.2, 0.25) is 0 Å². The summed E-state index contributed by atoms with van der Waals surface area (Å²) in [7, 11) is 0. The third-order valence-electron chi connectivity index (χ3n) is 1.49. The maximum atomic E-state index is 11.4. The molecule has 3 nitrogen and oxygen atoms in total. The van der Waals surface area contributed by atoms with Crippen molar-refractivity contribution in [3.63, 3.8) is 0 Å². The van der Waals surface area contributed by atoms with Gasteiger partial charge in [-0.2, -0.15) is 0 Å². The Labute approximate surface area is 77.9 Å². The molecule has 13 heavy (non-hydrogen) atoms. The number of nitrogen functional groups attached to an aromatic ring is 1. The first-order chi connectivity index (χ1) is 6.09. The summed E-state index contributed by atoms with van der Waals surface area (Å²) in [4.78, 5) is 11.4. The van der Waals surface area contributed by atoms with Crippen LogP contribution in [0.2, 0.25) is 0 Å². The minimum absolute atomic E-state index is 0.112. The van der Waals surface area contributed by atoms with E-state index in [9.17, 15) is 4.79 Å². The van der Waals surface area contributed by atoms with Crippen LogP contribution in [-0.2, 0) is 0 Å². The van der Waals surface area contributed by atoms with Gasteiger partial charge in [-0.15, -0.1) is 0 Å². The summed E-state index contributed by atoms with van der Waals surface area (Å²) in [6.45, 7) is 3.82. The van der Waals surface area contributed by atoms with Crippen LogP contribution < -0.4 is 11.1 Å². The minimum Gasteiger partial charge on any atom is -0.399 e. The molecular formula is C10H13N2O. The maximum Gasteiger partial charge on any atom is 0.251 e. The Kier molecular flexibility index (Phi) is 2.90. The average molecular weight is 177 g/mol. The zero-order valence-electron chi connectivity index (χ0n) is 7.79. The Morgan fingerprint density at radius 2 is 2.23 bits per heavy atom. The van der Waals surface area contributed by atoms with Crippen molar-refractivity contribution >= 4 is 11.6 Å². The SMILES string of the molecule is CC(C)NC(=O)c1c[c]cc(N)c1. The summed E-state index contributed by atoms with van der Waals surface area (Å²) < 4.78 is 0. The molecule has 0 heterocycles. The van der Waals surface area contributed by atoms with E-state index in [1.54, 1.807) is 18.2 Å². The number of carbonyl (C=O) groups is 1. The molecule has 0 aromatic heterocycles. The quantitative estimate of drug-likeness (QED) is 0.667. The van der Waals surface area contributed by atoms with Crippen molar-refractivity contribution in [2.45, 2.75) is 19.9 Å². The van der Waals surface area contributed by atoms with Crippen LogP contribution in [0.15, 0.2) is 18.2 Å². The maximum absolute atomic E-state index is 11.4. The van der Waals surface area contributed by atoms with Crippen LogP contribution in [0.4, 0.5) is 5.69 Å². The summed E-state index contributed by atoms with van der Waals surface area (Å²) in [6, 6.07) is 7.81. The van der Waals surface area contributed by atoms with Crippen LogP contribution in [0.5, 0.6) is 0 Å². The molecule has 69 valence electrons. The first-order valence-corrected chi connectivity index (χ1v) is 4.17. The highest BCUT2D eigenvalue weighted by molar-refractivity contribution is 5.95. The molecule has 0 aliphatic carbocycles. The summed E-state index contributed by atoms with van der Waals surface area (Å²) >= 11 is 0. The fourth-order valence-electron chi connectivity index (χ4n) is 0.967. The average Bonchev–Trinajstić information content (AvgIpc) is 2.03. The molecule has 0 aliphatic heterocycles. The number of carbonyl (C=O) groups excluding carboxylic acids is 1. The van der Waals surface area contributed by atoms with Crippen LogP contribution in [0.3, 0.4) is 0 Å². The normalized spacial score (nSPS) is 10.1. The topological polar surface area (TPSA) is 55.1 Å². The smallest absolute Gasteiger partial charge is 0.251 e. The highest BCUT2D eigenvalue weighted by atomic mass is 16.1. The number of benzene rings is 1. The molecule has 0 fully saturated rings. The third-order valence-corrected chi connectivity index (χ3v) is 1.49. The lowest BCUT2D eigenvalue weighted by Gasteiger charge is -2.07. The van der Waals surface area contributed by atoms with E-state index in [4.69, 9.17) is 5.73 Å². The molecule has 0 spiro atoms. The van der Waals surface area contributed by atoms with E-state index in [0.29, 0.717) is 11.3 Å². The van der Waals surface area contributed by atoms with Crippen molar-refractivity contribution in [3.05, 3.63) is 29.8 Å². The van der Waals surface area contributed by atoms with Crippen LogP contribution in [0.1, 0.15) is 24.2 Å². The van der Waals surface area contributed by atoms with Crippen LogP contribution >= 0.6 is 0 Å². The second-order valence-corrected chi connectivity index (χ2v) is 3.18. The molecule has 1 aromatic rings. The number of amides is 1. The molecule has 0 aliphatic rings. The molecule has 3 N–H and O–H groups in total. The molecule has 0 bridgehead atoms. The third kappa shape index (κ3) is 2.78. The summed E-state index contributed by atoms with van der Waals surface area (Å²) in [5.74, 6) is -0.112. The van der Waals surface area contributed by atoms with Crippen molar-refractivity contribution in [1.82, 2.24) is 5.32 Å². The van der Waals surface area contributed by atoms with E-state index < -0.39 is 0 Å². The van der Waals surface area contributed by atoms with Gasteiger partial charge in [0, 0.05) is 17.3 Å². The molecule has 1 aromatic carbocycles. The second kappa shape index (κ2) is 3.94. The first kappa shape index (κ1) is 9.58. The summed E-state index contributed by atoms with van der Waals surface area (Å²) in [6.07, 6.45) is 0. The second-order valence-electron chi connectivity index (χ2n) is 3.18. The Hall–Kier alpha value is -1.51. The van der Waals surface area contributed by atoms with Gasteiger partial charge in [-0.1, -0.05) is 0 Å². The van der Waals surface area contributed by atoms with Gasteiger partial charge in [0.05, 0.1) is 0 Å². The van der Waals surface area contributed by atoms with Gasteiger partial charge < -0.3 is 11.1 Å². The van der Waals surface area contributed by atoms with Gasteiger partial charge in [0.1, 0.15) is 0 Å². The Morgan fingerprint density at radius 1 is 1.54 bits per heavy atom. The standard InChI is InChI=1S/C10H13N2O/c1-7(2)12-10(13)8-4-3-5-9(11)6-8/h4-7H,11H2,1-2H3,(H,12,13). The van der Waals surface area contributed by atoms with E-state index in [2.05, 4.69) is 11.4 Å². The Balaban J connectivity index is 2.77.